The number of nitrogens with zero attached hydrogens (tertiary/aromatic N) is 1. The molecule has 1 aliphatic rings. The van der Waals surface area contributed by atoms with Crippen LogP contribution in [0.3, 0.4) is 0 Å². The smallest absolute Gasteiger partial charge is 0.354 e. The van der Waals surface area contributed by atoms with Gasteiger partial charge in [0.2, 0.25) is 0 Å². The van der Waals surface area contributed by atoms with Gasteiger partial charge in [0.25, 0.3) is 0 Å². The fourth-order valence-electron chi connectivity index (χ4n) is 1.20. The third-order valence-electron chi connectivity index (χ3n) is 2.31. The van der Waals surface area contributed by atoms with Gasteiger partial charge in [-0.15, -0.1) is 0 Å². The molecular formula is C12H13F2NO3. The number of hydrogen-bond acceptors (Lipinski definition) is 3. The molecule has 1 unspecified atom stereocenters. The molecule has 0 spiro atoms. The van der Waals surface area contributed by atoms with Crippen LogP contribution in [0.15, 0.2) is 41.3 Å². The van der Waals surface area contributed by atoms with Crippen molar-refractivity contribution in [2.75, 3.05) is 0 Å². The second kappa shape index (κ2) is 5.57. The molecule has 0 aromatic heterocycles. The fourth-order valence-corrected chi connectivity index (χ4v) is 1.20. The third-order valence-corrected chi connectivity index (χ3v) is 2.31. The van der Waals surface area contributed by atoms with Gasteiger partial charge in [-0.05, 0) is 31.6 Å². The zero-order valence-electron chi connectivity index (χ0n) is 9.77. The number of halogens is 2. The Morgan fingerprint density at radius 1 is 1.67 bits per heavy atom. The van der Waals surface area contributed by atoms with Gasteiger partial charge >= 0.3 is 11.9 Å². The first kappa shape index (κ1) is 14.1. The molecule has 4 nitrogen and oxygen atoms in total. The van der Waals surface area contributed by atoms with Crippen molar-refractivity contribution in [3.05, 3.63) is 36.3 Å². The van der Waals surface area contributed by atoms with Gasteiger partial charge < -0.3 is 9.84 Å². The maximum absolute atomic E-state index is 13.2. The monoisotopic (exact) mass is 257 g/mol. The van der Waals surface area contributed by atoms with Crippen molar-refractivity contribution in [3.63, 3.8) is 0 Å². The molecule has 6 heteroatoms. The summed E-state index contributed by atoms with van der Waals surface area (Å²) in [5.41, 5.74) is -0.145. The third kappa shape index (κ3) is 3.51. The Labute approximate surface area is 103 Å². The molecule has 0 saturated heterocycles. The minimum absolute atomic E-state index is 0.108. The average Bonchev–Trinajstić information content (AvgIpc) is 2.54. The number of aliphatic imine (C=N–C) groups is 1. The molecule has 1 atom stereocenters. The average molecular weight is 257 g/mol. The van der Waals surface area contributed by atoms with E-state index in [0.29, 0.717) is 6.08 Å². The van der Waals surface area contributed by atoms with Gasteiger partial charge in [0, 0.05) is 0 Å². The van der Waals surface area contributed by atoms with Crippen molar-refractivity contribution in [2.45, 2.75) is 25.4 Å². The summed E-state index contributed by atoms with van der Waals surface area (Å²) in [5.74, 6) is -4.23. The van der Waals surface area contributed by atoms with E-state index in [1.807, 2.05) is 0 Å². The van der Waals surface area contributed by atoms with E-state index in [1.54, 1.807) is 0 Å². The number of ether oxygens (including phenoxy) is 1. The van der Waals surface area contributed by atoms with Crippen LogP contribution < -0.4 is 0 Å². The summed E-state index contributed by atoms with van der Waals surface area (Å²) in [5, 5.41) is 8.72. The summed E-state index contributed by atoms with van der Waals surface area (Å²) < 4.78 is 31.4. The van der Waals surface area contributed by atoms with Crippen molar-refractivity contribution in [1.29, 1.82) is 0 Å². The molecule has 0 saturated carbocycles. The van der Waals surface area contributed by atoms with Gasteiger partial charge in [-0.25, -0.2) is 9.79 Å². The lowest BCUT2D eigenvalue weighted by molar-refractivity contribution is -0.132. The van der Waals surface area contributed by atoms with Gasteiger partial charge in [0.05, 0.1) is 6.21 Å². The molecule has 0 radical (unpaired) electrons. The van der Waals surface area contributed by atoms with E-state index in [2.05, 4.69) is 11.6 Å². The van der Waals surface area contributed by atoms with Crippen molar-refractivity contribution >= 4 is 12.2 Å². The first-order chi connectivity index (χ1) is 8.36. The maximum atomic E-state index is 13.2. The van der Waals surface area contributed by atoms with E-state index in [9.17, 15) is 13.6 Å². The molecule has 0 aromatic carbocycles. The van der Waals surface area contributed by atoms with Gasteiger partial charge in [0.15, 0.2) is 6.10 Å². The summed E-state index contributed by atoms with van der Waals surface area (Å²) in [7, 11) is 0. The second-order valence-corrected chi connectivity index (χ2v) is 3.63. The van der Waals surface area contributed by atoms with Crippen molar-refractivity contribution in [1.82, 2.24) is 0 Å². The zero-order valence-corrected chi connectivity index (χ0v) is 9.77. The zero-order chi connectivity index (χ0) is 13.8. The number of carbonyl (C=O) groups is 1. The maximum Gasteiger partial charge on any atom is 0.354 e. The van der Waals surface area contributed by atoms with Crippen LogP contribution in [0.5, 0.6) is 0 Å². The molecule has 1 aliphatic heterocycles. The molecule has 0 bridgehead atoms. The van der Waals surface area contributed by atoms with Crippen molar-refractivity contribution < 1.29 is 23.4 Å². The summed E-state index contributed by atoms with van der Waals surface area (Å²) in [6.45, 7) is 4.23. The van der Waals surface area contributed by atoms with Gasteiger partial charge in [-0.2, -0.15) is 8.78 Å². The van der Waals surface area contributed by atoms with Crippen LogP contribution in [0.4, 0.5) is 8.78 Å². The van der Waals surface area contributed by atoms with E-state index in [4.69, 9.17) is 9.84 Å². The van der Waals surface area contributed by atoms with Crippen molar-refractivity contribution in [2.24, 2.45) is 4.99 Å². The Morgan fingerprint density at radius 2 is 2.33 bits per heavy atom. The molecule has 0 amide bonds. The molecule has 1 rings (SSSR count). The molecule has 18 heavy (non-hydrogen) atoms. The van der Waals surface area contributed by atoms with Crippen LogP contribution >= 0.6 is 0 Å². The number of allylic oxidation sites excluding steroid dienone is 3. The summed E-state index contributed by atoms with van der Waals surface area (Å²) in [6.07, 6.45) is 3.32. The lowest BCUT2D eigenvalue weighted by Gasteiger charge is -2.21. The van der Waals surface area contributed by atoms with E-state index in [-0.39, 0.29) is 17.9 Å². The minimum Gasteiger partial charge on any atom is -0.483 e. The Bertz CT molecular complexity index is 439. The van der Waals surface area contributed by atoms with E-state index in [0.717, 1.165) is 6.21 Å². The molecule has 0 fully saturated rings. The predicted molar refractivity (Wildman–Crippen MR) is 62.6 cm³/mol. The standard InChI is InChI=1S/C12H13F2NO3/c1-3-12(13,14)8(2)18-9-5-4-6-10(11(16)17)15-7-9/h3,5-8H,1,4H2,2H3,(H,16,17). The largest absolute Gasteiger partial charge is 0.483 e. The summed E-state index contributed by atoms with van der Waals surface area (Å²) >= 11 is 0. The van der Waals surface area contributed by atoms with Gasteiger partial charge in [-0.1, -0.05) is 6.58 Å². The highest BCUT2D eigenvalue weighted by atomic mass is 19.3. The van der Waals surface area contributed by atoms with Crippen LogP contribution in [0.2, 0.25) is 0 Å². The molecule has 0 aliphatic carbocycles. The number of carboxylic acid groups (broad SMARTS) is 1. The lowest BCUT2D eigenvalue weighted by Crippen LogP contribution is -2.31. The fraction of sp³-hybridized carbons (Fsp3) is 0.333. The SMILES string of the molecule is C=CC(F)(F)C(C)OC1=CCC=C(C(=O)O)N=C1. The highest BCUT2D eigenvalue weighted by Crippen LogP contribution is 2.24. The Morgan fingerprint density at radius 3 is 2.89 bits per heavy atom. The summed E-state index contributed by atoms with van der Waals surface area (Å²) in [6, 6.07) is 0. The highest BCUT2D eigenvalue weighted by Gasteiger charge is 2.34. The second-order valence-electron chi connectivity index (χ2n) is 3.63. The molecule has 98 valence electrons. The number of rotatable bonds is 5. The lowest BCUT2D eigenvalue weighted by atomic mass is 10.2. The van der Waals surface area contributed by atoms with E-state index >= 15 is 0 Å². The van der Waals surface area contributed by atoms with E-state index < -0.39 is 18.0 Å². The first-order valence-electron chi connectivity index (χ1n) is 5.22. The number of aliphatic carboxylic acids is 1. The van der Waals surface area contributed by atoms with Crippen LogP contribution in [-0.4, -0.2) is 29.3 Å². The van der Waals surface area contributed by atoms with Crippen molar-refractivity contribution in [3.8, 4) is 0 Å². The van der Waals surface area contributed by atoms with Crippen LogP contribution in [0.25, 0.3) is 0 Å². The minimum atomic E-state index is -3.16. The molecule has 1 N–H and O–H groups in total. The van der Waals surface area contributed by atoms with Gasteiger partial charge in [0.1, 0.15) is 11.5 Å². The number of hydrogen-bond donors (Lipinski definition) is 1. The molecular weight excluding hydrogens is 244 g/mol. The van der Waals surface area contributed by atoms with Crippen LogP contribution in [-0.2, 0) is 9.53 Å². The Kier molecular flexibility index (Phi) is 4.36. The van der Waals surface area contributed by atoms with Crippen LogP contribution in [0.1, 0.15) is 13.3 Å². The number of alkyl halides is 2. The van der Waals surface area contributed by atoms with Gasteiger partial charge in [-0.3, -0.25) is 0 Å². The molecule has 0 aromatic rings. The van der Waals surface area contributed by atoms with E-state index in [1.165, 1.54) is 19.1 Å². The first-order valence-corrected chi connectivity index (χ1v) is 5.22. The predicted octanol–water partition coefficient (Wildman–Crippen LogP) is 2.54. The number of carboxylic acids is 1. The summed E-state index contributed by atoms with van der Waals surface area (Å²) in [4.78, 5) is 14.3. The Balaban J connectivity index is 2.72. The topological polar surface area (TPSA) is 58.9 Å². The Hall–Kier alpha value is -1.98. The quantitative estimate of drug-likeness (QED) is 0.770. The molecule has 1 heterocycles. The highest BCUT2D eigenvalue weighted by molar-refractivity contribution is 5.90. The normalized spacial score (nSPS) is 17.3. The van der Waals surface area contributed by atoms with Crippen LogP contribution in [0, 0.1) is 0 Å².